The average Bonchev–Trinajstić information content (AvgIpc) is 2.77. The Kier molecular flexibility index (Phi) is 5.66. The Hall–Kier alpha value is -3.73. The third-order valence-corrected chi connectivity index (χ3v) is 5.69. The number of ether oxygens (including phenoxy) is 1. The lowest BCUT2D eigenvalue weighted by Crippen LogP contribution is -2.27. The summed E-state index contributed by atoms with van der Waals surface area (Å²) in [6.45, 7) is 0. The molecule has 0 amide bonds. The van der Waals surface area contributed by atoms with Crippen LogP contribution < -0.4 is 9.46 Å². The van der Waals surface area contributed by atoms with Crippen molar-refractivity contribution in [3.05, 3.63) is 84.7 Å². The number of aromatic nitrogens is 3. The van der Waals surface area contributed by atoms with Gasteiger partial charge in [0, 0.05) is 18.0 Å². The van der Waals surface area contributed by atoms with Crippen molar-refractivity contribution in [2.75, 3.05) is 4.72 Å². The minimum atomic E-state index is -4.83. The summed E-state index contributed by atoms with van der Waals surface area (Å²) in [7, 11) is -4.17. The third-order valence-electron chi connectivity index (χ3n) is 4.34. The van der Waals surface area contributed by atoms with Gasteiger partial charge in [-0.15, -0.1) is 0 Å². The summed E-state index contributed by atoms with van der Waals surface area (Å²) in [4.78, 5) is 11.9. The van der Waals surface area contributed by atoms with Gasteiger partial charge in [0.1, 0.15) is 0 Å². The summed E-state index contributed by atoms with van der Waals surface area (Å²) >= 11 is 0. The van der Waals surface area contributed by atoms with Crippen LogP contribution in [0.15, 0.2) is 84.0 Å². The van der Waals surface area contributed by atoms with Crippen molar-refractivity contribution in [1.29, 1.82) is 0 Å². The number of rotatable bonds is 6. The summed E-state index contributed by atoms with van der Waals surface area (Å²) in [6, 6.07) is 16.2. The van der Waals surface area contributed by atoms with E-state index in [1.807, 2.05) is 0 Å². The highest BCUT2D eigenvalue weighted by molar-refractivity contribution is 7.92. The van der Waals surface area contributed by atoms with Gasteiger partial charge in [0.2, 0.25) is 11.9 Å². The van der Waals surface area contributed by atoms with E-state index in [1.54, 1.807) is 24.3 Å². The molecular formula is C21H15F3N4O3S. The van der Waals surface area contributed by atoms with Crippen molar-refractivity contribution >= 4 is 26.9 Å². The van der Waals surface area contributed by atoms with Crippen molar-refractivity contribution in [3.63, 3.8) is 0 Å². The van der Waals surface area contributed by atoms with E-state index in [9.17, 15) is 21.6 Å². The SMILES string of the molecule is O=S(=O)(Nc1nc2ccccc2nc1OC(c1cccnc1)C(F)(F)F)c1ccccc1. The zero-order valence-corrected chi connectivity index (χ0v) is 17.0. The fraction of sp³-hybridized carbons (Fsp3) is 0.0952. The van der Waals surface area contributed by atoms with E-state index in [1.165, 1.54) is 48.7 Å². The summed E-state index contributed by atoms with van der Waals surface area (Å²) < 4.78 is 74.4. The Morgan fingerprint density at radius 3 is 2.16 bits per heavy atom. The molecule has 4 aromatic rings. The number of fused-ring (bicyclic) bond motifs is 1. The highest BCUT2D eigenvalue weighted by Gasteiger charge is 2.44. The summed E-state index contributed by atoms with van der Waals surface area (Å²) in [6.07, 6.45) is -4.93. The second-order valence-corrected chi connectivity index (χ2v) is 8.29. The number of anilines is 1. The Morgan fingerprint density at radius 1 is 0.875 bits per heavy atom. The van der Waals surface area contributed by atoms with Gasteiger partial charge in [0.05, 0.1) is 15.9 Å². The van der Waals surface area contributed by atoms with Crippen LogP contribution in [-0.2, 0) is 10.0 Å². The predicted octanol–water partition coefficient (Wildman–Crippen LogP) is 4.51. The van der Waals surface area contributed by atoms with Gasteiger partial charge in [-0.25, -0.2) is 18.4 Å². The van der Waals surface area contributed by atoms with Gasteiger partial charge in [-0.2, -0.15) is 13.2 Å². The molecule has 4 rings (SSSR count). The second-order valence-electron chi connectivity index (χ2n) is 6.61. The molecule has 7 nitrogen and oxygen atoms in total. The number of sulfonamides is 1. The van der Waals surface area contributed by atoms with Crippen LogP contribution in [0.25, 0.3) is 11.0 Å². The number of hydrogen-bond acceptors (Lipinski definition) is 6. The minimum absolute atomic E-state index is 0.0967. The van der Waals surface area contributed by atoms with E-state index in [-0.39, 0.29) is 21.5 Å². The molecule has 0 aliphatic carbocycles. The van der Waals surface area contributed by atoms with Crippen molar-refractivity contribution in [1.82, 2.24) is 15.0 Å². The number of halogens is 3. The number of nitrogens with zero attached hydrogens (tertiary/aromatic N) is 3. The first-order chi connectivity index (χ1) is 15.2. The van der Waals surface area contributed by atoms with Crippen LogP contribution in [0, 0.1) is 0 Å². The summed E-state index contributed by atoms with van der Waals surface area (Å²) in [5.41, 5.74) is 0.236. The first kappa shape index (κ1) is 21.5. The van der Waals surface area contributed by atoms with E-state index in [0.29, 0.717) is 0 Å². The molecule has 2 heterocycles. The smallest absolute Gasteiger partial charge is 0.429 e. The standard InChI is InChI=1S/C21H15F3N4O3S/c22-21(23,24)18(14-7-6-12-25-13-14)31-20-19(26-16-10-4-5-11-17(16)27-20)28-32(29,30)15-8-2-1-3-9-15/h1-13,18H,(H,26,28). The molecular weight excluding hydrogens is 445 g/mol. The molecule has 11 heteroatoms. The minimum Gasteiger partial charge on any atom is -0.457 e. The van der Waals surface area contributed by atoms with E-state index < -0.39 is 34.0 Å². The molecule has 2 aromatic heterocycles. The fourth-order valence-corrected chi connectivity index (χ4v) is 3.91. The molecule has 1 N–H and O–H groups in total. The molecule has 0 bridgehead atoms. The molecule has 0 radical (unpaired) electrons. The molecule has 164 valence electrons. The van der Waals surface area contributed by atoms with Crippen molar-refractivity contribution in [2.45, 2.75) is 17.2 Å². The van der Waals surface area contributed by atoms with Gasteiger partial charge in [0.15, 0.2) is 0 Å². The van der Waals surface area contributed by atoms with E-state index in [0.717, 1.165) is 6.20 Å². The number of pyridine rings is 1. The van der Waals surface area contributed by atoms with Crippen molar-refractivity contribution in [2.24, 2.45) is 0 Å². The van der Waals surface area contributed by atoms with E-state index in [4.69, 9.17) is 4.74 Å². The molecule has 0 fully saturated rings. The van der Waals surface area contributed by atoms with Gasteiger partial charge >= 0.3 is 6.18 Å². The molecule has 1 unspecified atom stereocenters. The number of nitrogens with one attached hydrogen (secondary N) is 1. The van der Waals surface area contributed by atoms with Crippen LogP contribution in [0.1, 0.15) is 11.7 Å². The first-order valence-corrected chi connectivity index (χ1v) is 10.7. The Morgan fingerprint density at radius 2 is 1.53 bits per heavy atom. The lowest BCUT2D eigenvalue weighted by Gasteiger charge is -2.22. The van der Waals surface area contributed by atoms with Crippen LogP contribution in [0.5, 0.6) is 5.88 Å². The van der Waals surface area contributed by atoms with Gasteiger partial charge in [-0.1, -0.05) is 36.4 Å². The number of hydrogen-bond donors (Lipinski definition) is 1. The third kappa shape index (κ3) is 4.62. The Bertz CT molecular complexity index is 1340. The molecule has 0 spiro atoms. The van der Waals surface area contributed by atoms with E-state index >= 15 is 0 Å². The maximum absolute atomic E-state index is 13.8. The van der Waals surface area contributed by atoms with Crippen LogP contribution in [0.2, 0.25) is 0 Å². The van der Waals surface area contributed by atoms with Crippen LogP contribution in [-0.4, -0.2) is 29.5 Å². The summed E-state index contributed by atoms with van der Waals surface area (Å²) in [5.74, 6) is -1.08. The average molecular weight is 460 g/mol. The van der Waals surface area contributed by atoms with Gasteiger partial charge in [-0.3, -0.25) is 9.71 Å². The molecule has 0 saturated heterocycles. The number of benzene rings is 2. The largest absolute Gasteiger partial charge is 0.457 e. The highest BCUT2D eigenvalue weighted by atomic mass is 32.2. The van der Waals surface area contributed by atoms with Gasteiger partial charge < -0.3 is 4.74 Å². The lowest BCUT2D eigenvalue weighted by atomic mass is 10.1. The quantitative estimate of drug-likeness (QED) is 0.455. The zero-order valence-electron chi connectivity index (χ0n) is 16.2. The molecule has 0 saturated carbocycles. The van der Waals surface area contributed by atoms with Crippen LogP contribution in [0.4, 0.5) is 19.0 Å². The van der Waals surface area contributed by atoms with Crippen molar-refractivity contribution < 1.29 is 26.3 Å². The number of para-hydroxylation sites is 2. The predicted molar refractivity (Wildman–Crippen MR) is 110 cm³/mol. The van der Waals surface area contributed by atoms with Crippen molar-refractivity contribution in [3.8, 4) is 5.88 Å². The monoisotopic (exact) mass is 460 g/mol. The Labute approximate surface area is 181 Å². The number of alkyl halides is 3. The lowest BCUT2D eigenvalue weighted by molar-refractivity contribution is -0.198. The molecule has 2 aromatic carbocycles. The van der Waals surface area contributed by atoms with Gasteiger partial charge in [0.25, 0.3) is 15.9 Å². The molecule has 0 aliphatic heterocycles. The topological polar surface area (TPSA) is 94.1 Å². The zero-order chi connectivity index (χ0) is 22.8. The summed E-state index contributed by atoms with van der Waals surface area (Å²) in [5, 5.41) is 0. The molecule has 0 aliphatic rings. The molecule has 32 heavy (non-hydrogen) atoms. The normalized spacial score (nSPS) is 13.0. The fourth-order valence-electron chi connectivity index (χ4n) is 2.88. The van der Waals surface area contributed by atoms with Crippen LogP contribution >= 0.6 is 0 Å². The van der Waals surface area contributed by atoms with Gasteiger partial charge in [-0.05, 0) is 30.3 Å². The second kappa shape index (κ2) is 8.42. The van der Waals surface area contributed by atoms with E-state index in [2.05, 4.69) is 19.7 Å². The maximum Gasteiger partial charge on any atom is 0.429 e. The maximum atomic E-state index is 13.8. The first-order valence-electron chi connectivity index (χ1n) is 9.22. The van der Waals surface area contributed by atoms with Crippen LogP contribution in [0.3, 0.4) is 0 Å². The highest BCUT2D eigenvalue weighted by Crippen LogP contribution is 2.38. The Balaban J connectivity index is 1.81. The molecule has 1 atom stereocenters.